The Morgan fingerprint density at radius 2 is 1.19 bits per heavy atom. The van der Waals surface area contributed by atoms with Crippen molar-refractivity contribution in [2.45, 2.75) is 143 Å². The van der Waals surface area contributed by atoms with Crippen LogP contribution >= 0.6 is 0 Å². The van der Waals surface area contributed by atoms with Gasteiger partial charge in [-0.05, 0) is 68.1 Å². The van der Waals surface area contributed by atoms with Gasteiger partial charge in [-0.1, -0.05) is 97.8 Å². The lowest BCUT2D eigenvalue weighted by Crippen LogP contribution is -2.31. The molecule has 26 heavy (non-hydrogen) atoms. The van der Waals surface area contributed by atoms with Crippen molar-refractivity contribution in [3.05, 3.63) is 0 Å². The maximum atomic E-state index is 2.48. The van der Waals surface area contributed by atoms with E-state index in [0.29, 0.717) is 0 Å². The van der Waals surface area contributed by atoms with E-state index in [1.54, 1.807) is 51.4 Å². The van der Waals surface area contributed by atoms with E-state index in [1.807, 2.05) is 0 Å². The molecule has 0 aromatic carbocycles. The lowest BCUT2D eigenvalue weighted by molar-refractivity contribution is 0.0797. The van der Waals surface area contributed by atoms with Crippen LogP contribution in [-0.2, 0) is 0 Å². The highest BCUT2D eigenvalue weighted by Crippen LogP contribution is 2.49. The Bertz CT molecular complexity index is 328. The molecule has 0 spiro atoms. The monoisotopic (exact) mass is 362 g/mol. The smallest absolute Gasteiger partial charge is 0.0300 e. The molecule has 0 bridgehead atoms. The Morgan fingerprint density at radius 1 is 0.615 bits per heavy atom. The summed E-state index contributed by atoms with van der Waals surface area (Å²) in [7, 11) is 0. The molecule has 0 unspecified atom stereocenters. The minimum absolute atomic E-state index is 0.737. The molecule has 2 aliphatic rings. The van der Waals surface area contributed by atoms with E-state index in [1.165, 1.54) is 70.6 Å². The number of hydrogen-bond donors (Lipinski definition) is 0. The molecule has 2 fully saturated rings. The average molecular weight is 363 g/mol. The fourth-order valence-electron chi connectivity index (χ4n) is 6.24. The summed E-state index contributed by atoms with van der Waals surface area (Å²) in [5.74, 6) is 3.27. The Morgan fingerprint density at radius 3 is 1.77 bits per heavy atom. The summed E-state index contributed by atoms with van der Waals surface area (Å²) >= 11 is 0. The van der Waals surface area contributed by atoms with Gasteiger partial charge in [0, 0.05) is 0 Å². The van der Waals surface area contributed by atoms with E-state index < -0.39 is 0 Å². The van der Waals surface area contributed by atoms with Gasteiger partial charge in [-0.25, -0.2) is 0 Å². The van der Waals surface area contributed by atoms with Gasteiger partial charge in [0.2, 0.25) is 0 Å². The molecule has 0 atom stereocenters. The molecular formula is C26H50. The van der Waals surface area contributed by atoms with E-state index in [-0.39, 0.29) is 0 Å². The molecular weight excluding hydrogens is 312 g/mol. The van der Waals surface area contributed by atoms with Crippen molar-refractivity contribution in [1.82, 2.24) is 0 Å². The van der Waals surface area contributed by atoms with Crippen LogP contribution in [0.4, 0.5) is 0 Å². The van der Waals surface area contributed by atoms with E-state index in [2.05, 4.69) is 20.8 Å². The first-order valence-corrected chi connectivity index (χ1v) is 12.7. The highest BCUT2D eigenvalue weighted by atomic mass is 14.4. The highest BCUT2D eigenvalue weighted by molar-refractivity contribution is 4.88. The number of unbranched alkanes of at least 4 members (excludes halogenated alkanes) is 6. The first kappa shape index (κ1) is 22.3. The summed E-state index contributed by atoms with van der Waals surface area (Å²) in [5.41, 5.74) is 0.737. The van der Waals surface area contributed by atoms with Crippen LogP contribution in [0.15, 0.2) is 0 Å². The van der Waals surface area contributed by atoms with Crippen LogP contribution in [0.3, 0.4) is 0 Å². The zero-order valence-electron chi connectivity index (χ0n) is 18.7. The van der Waals surface area contributed by atoms with E-state index in [4.69, 9.17) is 0 Å². The average Bonchev–Trinajstić information content (AvgIpc) is 2.70. The molecule has 0 nitrogen and oxygen atoms in total. The van der Waals surface area contributed by atoms with E-state index in [9.17, 15) is 0 Å². The zero-order chi connectivity index (χ0) is 18.7. The third-order valence-corrected chi connectivity index (χ3v) is 8.43. The predicted molar refractivity (Wildman–Crippen MR) is 118 cm³/mol. The normalized spacial score (nSPS) is 32.7. The molecule has 0 N–H and O–H groups in total. The van der Waals surface area contributed by atoms with Gasteiger partial charge in [-0.2, -0.15) is 0 Å². The fourth-order valence-corrected chi connectivity index (χ4v) is 6.24. The molecule has 154 valence electrons. The highest BCUT2D eigenvalue weighted by Gasteiger charge is 2.36. The van der Waals surface area contributed by atoms with Crippen LogP contribution in [0, 0.1) is 23.2 Å². The summed E-state index contributed by atoms with van der Waals surface area (Å²) in [6.45, 7) is 7.14. The molecule has 0 amide bonds. The topological polar surface area (TPSA) is 0 Å². The summed E-state index contributed by atoms with van der Waals surface area (Å²) in [5, 5.41) is 0. The lowest BCUT2D eigenvalue weighted by Gasteiger charge is -2.44. The first-order valence-electron chi connectivity index (χ1n) is 12.7. The van der Waals surface area contributed by atoms with Crippen molar-refractivity contribution in [3.8, 4) is 0 Å². The summed E-state index contributed by atoms with van der Waals surface area (Å²) in [6.07, 6.45) is 28.6. The van der Waals surface area contributed by atoms with Crippen LogP contribution in [-0.4, -0.2) is 0 Å². The van der Waals surface area contributed by atoms with Crippen LogP contribution in [0.5, 0.6) is 0 Å². The van der Waals surface area contributed by atoms with Crippen LogP contribution in [0.25, 0.3) is 0 Å². The second-order valence-electron chi connectivity index (χ2n) is 10.1. The summed E-state index contributed by atoms with van der Waals surface area (Å²) < 4.78 is 0. The van der Waals surface area contributed by atoms with Crippen LogP contribution in [0.1, 0.15) is 143 Å². The van der Waals surface area contributed by atoms with Gasteiger partial charge in [0.05, 0.1) is 0 Å². The zero-order valence-corrected chi connectivity index (χ0v) is 18.7. The van der Waals surface area contributed by atoms with Crippen molar-refractivity contribution < 1.29 is 0 Å². The SMILES string of the molecule is CCCCCCC1CCC([C@H]2CC[C@](CC)(CCCCCC)CC2)CC1. The molecule has 0 aliphatic heterocycles. The molecule has 0 aromatic rings. The van der Waals surface area contributed by atoms with Gasteiger partial charge in [0.1, 0.15) is 0 Å². The maximum Gasteiger partial charge on any atom is -0.0300 e. The van der Waals surface area contributed by atoms with E-state index in [0.717, 1.165) is 23.2 Å². The van der Waals surface area contributed by atoms with E-state index >= 15 is 0 Å². The summed E-state index contributed by atoms with van der Waals surface area (Å²) in [4.78, 5) is 0. The predicted octanol–water partition coefficient (Wildman–Crippen LogP) is 9.32. The van der Waals surface area contributed by atoms with Crippen molar-refractivity contribution in [3.63, 3.8) is 0 Å². The van der Waals surface area contributed by atoms with Crippen molar-refractivity contribution >= 4 is 0 Å². The molecule has 0 heteroatoms. The van der Waals surface area contributed by atoms with Gasteiger partial charge < -0.3 is 0 Å². The first-order chi connectivity index (χ1) is 12.7. The number of rotatable bonds is 12. The van der Waals surface area contributed by atoms with Crippen molar-refractivity contribution in [2.24, 2.45) is 23.2 Å². The molecule has 2 saturated carbocycles. The van der Waals surface area contributed by atoms with Crippen LogP contribution in [0.2, 0.25) is 0 Å². The minimum atomic E-state index is 0.737. The Balaban J connectivity index is 1.65. The maximum absolute atomic E-state index is 2.48. The second-order valence-corrected chi connectivity index (χ2v) is 10.1. The minimum Gasteiger partial charge on any atom is -0.0654 e. The largest absolute Gasteiger partial charge is 0.0654 e. The quantitative estimate of drug-likeness (QED) is 0.303. The molecule has 2 rings (SSSR count). The van der Waals surface area contributed by atoms with Gasteiger partial charge >= 0.3 is 0 Å². The van der Waals surface area contributed by atoms with Crippen LogP contribution < -0.4 is 0 Å². The molecule has 0 saturated heterocycles. The molecule has 0 aromatic heterocycles. The lowest BCUT2D eigenvalue weighted by atomic mass is 9.62. The molecule has 2 aliphatic carbocycles. The van der Waals surface area contributed by atoms with Gasteiger partial charge in [-0.3, -0.25) is 0 Å². The Labute approximate surface area is 166 Å². The Hall–Kier alpha value is 0. The fraction of sp³-hybridized carbons (Fsp3) is 1.00. The van der Waals surface area contributed by atoms with Gasteiger partial charge in [0.25, 0.3) is 0 Å². The molecule has 0 radical (unpaired) electrons. The second kappa shape index (κ2) is 12.5. The number of hydrogen-bond acceptors (Lipinski definition) is 0. The Kier molecular flexibility index (Phi) is 10.7. The van der Waals surface area contributed by atoms with Crippen molar-refractivity contribution in [1.29, 1.82) is 0 Å². The third-order valence-electron chi connectivity index (χ3n) is 8.43. The molecule has 0 heterocycles. The standard InChI is InChI=1S/C26H50/c1-4-7-9-11-13-23-14-16-24(17-15-23)25-18-21-26(6-3,22-19-25)20-12-10-8-5-2/h23-25H,4-22H2,1-3H3/t23?,24?,25-,26-. The third kappa shape index (κ3) is 7.20. The van der Waals surface area contributed by atoms with Gasteiger partial charge in [0.15, 0.2) is 0 Å². The van der Waals surface area contributed by atoms with Crippen molar-refractivity contribution in [2.75, 3.05) is 0 Å². The summed E-state index contributed by atoms with van der Waals surface area (Å²) in [6, 6.07) is 0. The van der Waals surface area contributed by atoms with Gasteiger partial charge in [-0.15, -0.1) is 0 Å².